The second-order valence-corrected chi connectivity index (χ2v) is 5.29. The molecule has 3 N–H and O–H groups in total. The van der Waals surface area contributed by atoms with E-state index in [1.165, 1.54) is 0 Å². The van der Waals surface area contributed by atoms with Gasteiger partial charge in [0.1, 0.15) is 0 Å². The molecule has 0 radical (unpaired) electrons. The van der Waals surface area contributed by atoms with Crippen LogP contribution in [0.25, 0.3) is 11.0 Å². The number of benzene rings is 2. The number of hydrogen-bond donors (Lipinski definition) is 2. The van der Waals surface area contributed by atoms with Crippen LogP contribution in [0.1, 0.15) is 22.7 Å². The highest BCUT2D eigenvalue weighted by Gasteiger charge is 2.17. The Morgan fingerprint density at radius 3 is 2.71 bits per heavy atom. The molecule has 1 unspecified atom stereocenters. The molecular weight excluding hydrogens is 284 g/mol. The van der Waals surface area contributed by atoms with Gasteiger partial charge in [-0.25, -0.2) is 5.43 Å². The molecule has 0 aliphatic heterocycles. The highest BCUT2D eigenvalue weighted by molar-refractivity contribution is 6.31. The second kappa shape index (κ2) is 5.77. The van der Waals surface area contributed by atoms with Crippen LogP contribution in [0.4, 0.5) is 0 Å². The molecule has 0 aliphatic rings. The Bertz CT molecular complexity index is 783. The van der Waals surface area contributed by atoms with E-state index in [1.807, 2.05) is 43.3 Å². The molecule has 1 heterocycles. The van der Waals surface area contributed by atoms with Gasteiger partial charge in [0, 0.05) is 23.0 Å². The molecule has 1 atom stereocenters. The van der Waals surface area contributed by atoms with Crippen LogP contribution in [0.2, 0.25) is 5.02 Å². The number of rotatable bonds is 3. The van der Waals surface area contributed by atoms with E-state index in [-0.39, 0.29) is 6.04 Å². The number of para-hydroxylation sites is 1. The summed E-state index contributed by atoms with van der Waals surface area (Å²) in [6.07, 6.45) is 3.36. The minimum absolute atomic E-state index is 0.191. The minimum atomic E-state index is -0.191. The molecule has 3 rings (SSSR count). The Kier molecular flexibility index (Phi) is 3.84. The topological polar surface area (TPSA) is 63.8 Å². The Labute approximate surface area is 128 Å². The molecule has 21 heavy (non-hydrogen) atoms. The molecule has 1 aromatic heterocycles. The first kappa shape index (κ1) is 13.9. The highest BCUT2D eigenvalue weighted by atomic mass is 35.5. The first-order valence-corrected chi connectivity index (χ1v) is 7.00. The van der Waals surface area contributed by atoms with Gasteiger partial charge in [-0.1, -0.05) is 35.9 Å². The van der Waals surface area contributed by atoms with Crippen molar-refractivity contribution in [2.45, 2.75) is 13.0 Å². The molecule has 0 fully saturated rings. The number of hydrogen-bond acceptors (Lipinski definition) is 4. The zero-order chi connectivity index (χ0) is 14.8. The van der Waals surface area contributed by atoms with Gasteiger partial charge in [0.15, 0.2) is 0 Å². The summed E-state index contributed by atoms with van der Waals surface area (Å²) in [5.41, 5.74) is 7.52. The summed E-state index contributed by atoms with van der Waals surface area (Å²) in [7, 11) is 0. The quantitative estimate of drug-likeness (QED) is 0.576. The van der Waals surface area contributed by atoms with Gasteiger partial charge in [-0.05, 0) is 30.2 Å². The van der Waals surface area contributed by atoms with E-state index in [0.717, 1.165) is 32.7 Å². The normalized spacial score (nSPS) is 12.5. The van der Waals surface area contributed by atoms with Crippen molar-refractivity contribution < 1.29 is 0 Å². The molecule has 5 heteroatoms. The van der Waals surface area contributed by atoms with Crippen LogP contribution in [0, 0.1) is 6.92 Å². The van der Waals surface area contributed by atoms with Crippen LogP contribution in [-0.2, 0) is 0 Å². The SMILES string of the molecule is Cc1ccc(C(NN)c2cccc3nccnc23)cc1Cl. The summed E-state index contributed by atoms with van der Waals surface area (Å²) in [5, 5.41) is 0.721. The highest BCUT2D eigenvalue weighted by Crippen LogP contribution is 2.29. The van der Waals surface area contributed by atoms with Crippen molar-refractivity contribution in [2.24, 2.45) is 5.84 Å². The summed E-state index contributed by atoms with van der Waals surface area (Å²) < 4.78 is 0. The van der Waals surface area contributed by atoms with Crippen molar-refractivity contribution >= 4 is 22.6 Å². The third-order valence-electron chi connectivity index (χ3n) is 3.54. The molecule has 0 amide bonds. The lowest BCUT2D eigenvalue weighted by atomic mass is 9.97. The lowest BCUT2D eigenvalue weighted by molar-refractivity contribution is 0.640. The van der Waals surface area contributed by atoms with Gasteiger partial charge in [-0.15, -0.1) is 0 Å². The smallest absolute Gasteiger partial charge is 0.0938 e. The number of nitrogens with two attached hydrogens (primary N) is 1. The minimum Gasteiger partial charge on any atom is -0.271 e. The fraction of sp³-hybridized carbons (Fsp3) is 0.125. The summed E-state index contributed by atoms with van der Waals surface area (Å²) in [6, 6.07) is 11.6. The summed E-state index contributed by atoms with van der Waals surface area (Å²) in [5.74, 6) is 5.77. The predicted octanol–water partition coefficient (Wildman–Crippen LogP) is 3.14. The van der Waals surface area contributed by atoms with Gasteiger partial charge in [-0.2, -0.15) is 0 Å². The van der Waals surface area contributed by atoms with Crippen molar-refractivity contribution in [2.75, 3.05) is 0 Å². The Hall–Kier alpha value is -2.01. The average molecular weight is 299 g/mol. The molecule has 106 valence electrons. The molecule has 2 aromatic carbocycles. The van der Waals surface area contributed by atoms with E-state index in [4.69, 9.17) is 17.4 Å². The molecule has 0 saturated carbocycles. The Morgan fingerprint density at radius 1 is 1.14 bits per heavy atom. The third-order valence-corrected chi connectivity index (χ3v) is 3.94. The van der Waals surface area contributed by atoms with E-state index in [0.29, 0.717) is 0 Å². The summed E-state index contributed by atoms with van der Waals surface area (Å²) in [6.45, 7) is 1.97. The van der Waals surface area contributed by atoms with Gasteiger partial charge in [0.05, 0.1) is 17.1 Å². The zero-order valence-corrected chi connectivity index (χ0v) is 12.3. The standard InChI is InChI=1S/C16H15ClN4/c1-10-5-6-11(9-13(10)17)15(21-18)12-3-2-4-14-16(12)20-8-7-19-14/h2-9,15,21H,18H2,1H3. The summed E-state index contributed by atoms with van der Waals surface area (Å²) >= 11 is 6.22. The van der Waals surface area contributed by atoms with Crippen LogP contribution >= 0.6 is 11.6 Å². The van der Waals surface area contributed by atoms with Crippen LogP contribution in [0.5, 0.6) is 0 Å². The lowest BCUT2D eigenvalue weighted by Crippen LogP contribution is -2.29. The van der Waals surface area contributed by atoms with Crippen LogP contribution in [0.15, 0.2) is 48.8 Å². The largest absolute Gasteiger partial charge is 0.271 e. The van der Waals surface area contributed by atoms with Crippen LogP contribution < -0.4 is 11.3 Å². The molecule has 0 spiro atoms. The van der Waals surface area contributed by atoms with Crippen LogP contribution in [-0.4, -0.2) is 9.97 Å². The van der Waals surface area contributed by atoms with E-state index in [1.54, 1.807) is 12.4 Å². The van der Waals surface area contributed by atoms with Crippen molar-refractivity contribution in [3.63, 3.8) is 0 Å². The van der Waals surface area contributed by atoms with Crippen molar-refractivity contribution in [1.29, 1.82) is 0 Å². The number of aryl methyl sites for hydroxylation is 1. The van der Waals surface area contributed by atoms with Crippen molar-refractivity contribution in [3.8, 4) is 0 Å². The molecule has 0 saturated heterocycles. The number of nitrogens with zero attached hydrogens (tertiary/aromatic N) is 2. The van der Waals surface area contributed by atoms with Gasteiger partial charge in [0.2, 0.25) is 0 Å². The number of fused-ring (bicyclic) bond motifs is 1. The van der Waals surface area contributed by atoms with Crippen molar-refractivity contribution in [3.05, 3.63) is 70.5 Å². The van der Waals surface area contributed by atoms with Gasteiger partial charge >= 0.3 is 0 Å². The second-order valence-electron chi connectivity index (χ2n) is 4.88. The molecular formula is C16H15ClN4. The third kappa shape index (κ3) is 2.61. The molecule has 4 nitrogen and oxygen atoms in total. The van der Waals surface area contributed by atoms with E-state index >= 15 is 0 Å². The zero-order valence-electron chi connectivity index (χ0n) is 11.5. The Balaban J connectivity index is 2.16. The fourth-order valence-corrected chi connectivity index (χ4v) is 2.59. The Morgan fingerprint density at radius 2 is 1.95 bits per heavy atom. The van der Waals surface area contributed by atoms with E-state index in [2.05, 4.69) is 15.4 Å². The van der Waals surface area contributed by atoms with Crippen LogP contribution in [0.3, 0.4) is 0 Å². The van der Waals surface area contributed by atoms with Gasteiger partial charge in [-0.3, -0.25) is 15.8 Å². The first-order chi connectivity index (χ1) is 10.2. The number of aromatic nitrogens is 2. The van der Waals surface area contributed by atoms with Gasteiger partial charge in [0.25, 0.3) is 0 Å². The maximum atomic E-state index is 6.22. The lowest BCUT2D eigenvalue weighted by Gasteiger charge is -2.18. The number of hydrazine groups is 1. The predicted molar refractivity (Wildman–Crippen MR) is 84.9 cm³/mol. The van der Waals surface area contributed by atoms with Gasteiger partial charge < -0.3 is 0 Å². The fourth-order valence-electron chi connectivity index (χ4n) is 2.40. The first-order valence-electron chi connectivity index (χ1n) is 6.62. The molecule has 3 aromatic rings. The number of nitrogens with one attached hydrogen (secondary N) is 1. The average Bonchev–Trinajstić information content (AvgIpc) is 2.52. The monoisotopic (exact) mass is 298 g/mol. The molecule has 0 bridgehead atoms. The maximum Gasteiger partial charge on any atom is 0.0938 e. The maximum absolute atomic E-state index is 6.22. The van der Waals surface area contributed by atoms with Crippen molar-refractivity contribution in [1.82, 2.24) is 15.4 Å². The van der Waals surface area contributed by atoms with E-state index < -0.39 is 0 Å². The van der Waals surface area contributed by atoms with E-state index in [9.17, 15) is 0 Å². The number of halogens is 1. The summed E-state index contributed by atoms with van der Waals surface area (Å²) in [4.78, 5) is 8.75. The molecule has 0 aliphatic carbocycles.